The SMILES string of the molecule is COc1cccc(CNC(=O)CN2C(=O)CSc3ncccc32)c1. The molecule has 1 aliphatic heterocycles. The van der Waals surface area contributed by atoms with Gasteiger partial charge in [-0.1, -0.05) is 23.9 Å². The smallest absolute Gasteiger partial charge is 0.240 e. The molecule has 0 unspecified atom stereocenters. The first-order valence-corrected chi connectivity index (χ1v) is 8.44. The van der Waals surface area contributed by atoms with Crippen molar-refractivity contribution in [1.82, 2.24) is 10.3 Å². The monoisotopic (exact) mass is 343 g/mol. The molecule has 0 saturated heterocycles. The maximum Gasteiger partial charge on any atom is 0.240 e. The summed E-state index contributed by atoms with van der Waals surface area (Å²) in [5.41, 5.74) is 1.63. The molecule has 6 nitrogen and oxygen atoms in total. The second kappa shape index (κ2) is 7.35. The number of amides is 2. The van der Waals surface area contributed by atoms with Gasteiger partial charge >= 0.3 is 0 Å². The van der Waals surface area contributed by atoms with E-state index < -0.39 is 0 Å². The van der Waals surface area contributed by atoms with Gasteiger partial charge in [0.1, 0.15) is 17.3 Å². The number of pyridine rings is 1. The van der Waals surface area contributed by atoms with Crippen LogP contribution in [-0.4, -0.2) is 36.2 Å². The van der Waals surface area contributed by atoms with Crippen molar-refractivity contribution in [3.05, 3.63) is 48.2 Å². The summed E-state index contributed by atoms with van der Waals surface area (Å²) in [7, 11) is 1.60. The van der Waals surface area contributed by atoms with Gasteiger partial charge in [0.2, 0.25) is 11.8 Å². The molecule has 0 bridgehead atoms. The van der Waals surface area contributed by atoms with E-state index in [4.69, 9.17) is 4.74 Å². The minimum Gasteiger partial charge on any atom is -0.497 e. The average Bonchev–Trinajstić information content (AvgIpc) is 2.62. The molecular weight excluding hydrogens is 326 g/mol. The number of aromatic nitrogens is 1. The topological polar surface area (TPSA) is 71.5 Å². The van der Waals surface area contributed by atoms with Crippen molar-refractivity contribution in [2.24, 2.45) is 0 Å². The molecule has 0 spiro atoms. The molecule has 3 rings (SSSR count). The number of carbonyl (C=O) groups excluding carboxylic acids is 2. The van der Waals surface area contributed by atoms with Crippen molar-refractivity contribution in [1.29, 1.82) is 0 Å². The largest absolute Gasteiger partial charge is 0.497 e. The summed E-state index contributed by atoms with van der Waals surface area (Å²) >= 11 is 1.39. The lowest BCUT2D eigenvalue weighted by atomic mass is 10.2. The number of ether oxygens (including phenoxy) is 1. The Morgan fingerprint density at radius 3 is 3.08 bits per heavy atom. The Morgan fingerprint density at radius 1 is 1.38 bits per heavy atom. The highest BCUT2D eigenvalue weighted by atomic mass is 32.2. The Kier molecular flexibility index (Phi) is 5.00. The predicted octanol–water partition coefficient (Wildman–Crippen LogP) is 1.85. The van der Waals surface area contributed by atoms with E-state index in [1.807, 2.05) is 30.3 Å². The standard InChI is InChI=1S/C17H17N3O3S/c1-23-13-5-2-4-12(8-13)9-19-15(21)10-20-14-6-3-7-18-17(14)24-11-16(20)22/h2-8H,9-11H2,1H3,(H,19,21). The minimum atomic E-state index is -0.215. The molecule has 1 aromatic carbocycles. The molecule has 0 fully saturated rings. The zero-order valence-electron chi connectivity index (χ0n) is 13.2. The fraction of sp³-hybridized carbons (Fsp3) is 0.235. The zero-order valence-corrected chi connectivity index (χ0v) is 14.0. The van der Waals surface area contributed by atoms with Gasteiger partial charge < -0.3 is 10.1 Å². The first kappa shape index (κ1) is 16.3. The number of anilines is 1. The van der Waals surface area contributed by atoms with Crippen molar-refractivity contribution in [3.63, 3.8) is 0 Å². The molecule has 0 radical (unpaired) electrons. The summed E-state index contributed by atoms with van der Waals surface area (Å²) in [5.74, 6) is 0.738. The first-order valence-electron chi connectivity index (χ1n) is 7.45. The number of thioether (sulfide) groups is 1. The van der Waals surface area contributed by atoms with E-state index >= 15 is 0 Å². The van der Waals surface area contributed by atoms with Crippen molar-refractivity contribution >= 4 is 29.3 Å². The highest BCUT2D eigenvalue weighted by Crippen LogP contribution is 2.32. The van der Waals surface area contributed by atoms with Crippen LogP contribution in [0, 0.1) is 0 Å². The molecule has 0 saturated carbocycles. The lowest BCUT2D eigenvalue weighted by Gasteiger charge is -2.27. The van der Waals surface area contributed by atoms with Gasteiger partial charge in [0.05, 0.1) is 18.6 Å². The summed E-state index contributed by atoms with van der Waals surface area (Å²) in [4.78, 5) is 30.1. The van der Waals surface area contributed by atoms with Crippen molar-refractivity contribution in [2.75, 3.05) is 24.3 Å². The van der Waals surface area contributed by atoms with Gasteiger partial charge in [-0.25, -0.2) is 4.98 Å². The van der Waals surface area contributed by atoms with Crippen LogP contribution in [0.4, 0.5) is 5.69 Å². The van der Waals surface area contributed by atoms with Crippen LogP contribution in [0.15, 0.2) is 47.6 Å². The van der Waals surface area contributed by atoms with Crippen LogP contribution in [0.3, 0.4) is 0 Å². The molecular formula is C17H17N3O3S. The summed E-state index contributed by atoms with van der Waals surface area (Å²) in [6.07, 6.45) is 1.68. The third-order valence-electron chi connectivity index (χ3n) is 3.60. The number of methoxy groups -OCH3 is 1. The fourth-order valence-corrected chi connectivity index (χ4v) is 3.27. The number of benzene rings is 1. The van der Waals surface area contributed by atoms with Gasteiger partial charge in [-0.05, 0) is 29.8 Å². The summed E-state index contributed by atoms with van der Waals surface area (Å²) in [6.45, 7) is 0.370. The highest BCUT2D eigenvalue weighted by molar-refractivity contribution is 8.00. The zero-order chi connectivity index (χ0) is 16.9. The molecule has 7 heteroatoms. The van der Waals surface area contributed by atoms with Gasteiger partial charge in [-0.3, -0.25) is 14.5 Å². The molecule has 1 aromatic heterocycles. The lowest BCUT2D eigenvalue weighted by Crippen LogP contribution is -2.43. The van der Waals surface area contributed by atoms with E-state index in [-0.39, 0.29) is 18.4 Å². The van der Waals surface area contributed by atoms with Gasteiger partial charge in [-0.2, -0.15) is 0 Å². The van der Waals surface area contributed by atoms with Crippen molar-refractivity contribution in [2.45, 2.75) is 11.6 Å². The Hall–Kier alpha value is -2.54. The number of hydrogen-bond acceptors (Lipinski definition) is 5. The molecule has 2 heterocycles. The van der Waals surface area contributed by atoms with Crippen LogP contribution in [0.25, 0.3) is 0 Å². The molecule has 0 aliphatic carbocycles. The number of hydrogen-bond donors (Lipinski definition) is 1. The molecule has 0 atom stereocenters. The number of rotatable bonds is 5. The molecule has 1 aliphatic rings. The molecule has 2 amide bonds. The number of fused-ring (bicyclic) bond motifs is 1. The number of nitrogens with zero attached hydrogens (tertiary/aromatic N) is 2. The van der Waals surface area contributed by atoms with Crippen LogP contribution in [0.1, 0.15) is 5.56 Å². The van der Waals surface area contributed by atoms with Gasteiger partial charge in [0, 0.05) is 12.7 Å². The molecule has 124 valence electrons. The van der Waals surface area contributed by atoms with Gasteiger partial charge in [0.25, 0.3) is 0 Å². The second-order valence-corrected chi connectivity index (χ2v) is 6.19. The third kappa shape index (κ3) is 3.68. The summed E-state index contributed by atoms with van der Waals surface area (Å²) < 4.78 is 5.16. The van der Waals surface area contributed by atoms with E-state index in [9.17, 15) is 9.59 Å². The Labute approximate surface area is 144 Å². The maximum absolute atomic E-state index is 12.2. The number of nitrogens with one attached hydrogen (secondary N) is 1. The van der Waals surface area contributed by atoms with E-state index in [0.29, 0.717) is 18.0 Å². The first-order chi connectivity index (χ1) is 11.7. The van der Waals surface area contributed by atoms with Gasteiger partial charge in [0.15, 0.2) is 0 Å². The summed E-state index contributed by atoms with van der Waals surface area (Å²) in [6, 6.07) is 11.1. The minimum absolute atomic E-state index is 0.0119. The molecule has 2 aromatic rings. The van der Waals surface area contributed by atoms with Crippen molar-refractivity contribution in [3.8, 4) is 5.75 Å². The number of carbonyl (C=O) groups is 2. The van der Waals surface area contributed by atoms with Crippen LogP contribution >= 0.6 is 11.8 Å². The fourth-order valence-electron chi connectivity index (χ4n) is 2.40. The lowest BCUT2D eigenvalue weighted by molar-refractivity contribution is -0.123. The van der Waals surface area contributed by atoms with E-state index in [2.05, 4.69) is 10.3 Å². The Balaban J connectivity index is 1.63. The average molecular weight is 343 g/mol. The van der Waals surface area contributed by atoms with Crippen LogP contribution in [-0.2, 0) is 16.1 Å². The quantitative estimate of drug-likeness (QED) is 0.897. The van der Waals surface area contributed by atoms with Crippen LogP contribution < -0.4 is 15.0 Å². The summed E-state index contributed by atoms with van der Waals surface area (Å²) in [5, 5.41) is 3.61. The Bertz CT molecular complexity index is 766. The van der Waals surface area contributed by atoms with E-state index in [1.165, 1.54) is 16.7 Å². The molecule has 1 N–H and O–H groups in total. The van der Waals surface area contributed by atoms with Crippen LogP contribution in [0.5, 0.6) is 5.75 Å². The van der Waals surface area contributed by atoms with E-state index in [0.717, 1.165) is 16.3 Å². The van der Waals surface area contributed by atoms with Crippen molar-refractivity contribution < 1.29 is 14.3 Å². The normalized spacial score (nSPS) is 13.4. The third-order valence-corrected chi connectivity index (χ3v) is 4.58. The second-order valence-electron chi connectivity index (χ2n) is 5.22. The van der Waals surface area contributed by atoms with Crippen LogP contribution in [0.2, 0.25) is 0 Å². The highest BCUT2D eigenvalue weighted by Gasteiger charge is 2.26. The maximum atomic E-state index is 12.2. The molecule has 24 heavy (non-hydrogen) atoms. The predicted molar refractivity (Wildman–Crippen MR) is 92.2 cm³/mol. The van der Waals surface area contributed by atoms with Gasteiger partial charge in [-0.15, -0.1) is 0 Å². The Morgan fingerprint density at radius 2 is 2.25 bits per heavy atom. The van der Waals surface area contributed by atoms with E-state index in [1.54, 1.807) is 19.4 Å².